The molecular weight excluding hydrogens is 284 g/mol. The fourth-order valence-electron chi connectivity index (χ4n) is 3.01. The Hall–Kier alpha value is -1.66. The molecule has 1 saturated carbocycles. The number of hydrogen-bond donors (Lipinski definition) is 2. The molecule has 0 bridgehead atoms. The van der Waals surface area contributed by atoms with Gasteiger partial charge in [0.1, 0.15) is 10.8 Å². The van der Waals surface area contributed by atoms with Crippen molar-refractivity contribution in [2.45, 2.75) is 31.4 Å². The summed E-state index contributed by atoms with van der Waals surface area (Å²) < 4.78 is 10.2. The van der Waals surface area contributed by atoms with Crippen LogP contribution in [0.2, 0.25) is 0 Å². The molecule has 0 amide bonds. The average Bonchev–Trinajstić information content (AvgIpc) is 3.15. The van der Waals surface area contributed by atoms with Gasteiger partial charge in [0.05, 0.1) is 17.7 Å². The third kappa shape index (κ3) is 2.49. The van der Waals surface area contributed by atoms with E-state index in [1.54, 1.807) is 6.20 Å². The van der Waals surface area contributed by atoms with E-state index in [1.165, 1.54) is 24.4 Å². The highest BCUT2D eigenvalue weighted by Gasteiger charge is 2.41. The fraction of sp³-hybridized carbons (Fsp3) is 0.467. The van der Waals surface area contributed by atoms with Crippen molar-refractivity contribution in [2.75, 3.05) is 17.7 Å². The Labute approximate surface area is 127 Å². The van der Waals surface area contributed by atoms with Crippen molar-refractivity contribution < 1.29 is 4.74 Å². The van der Waals surface area contributed by atoms with Crippen molar-refractivity contribution >= 4 is 22.4 Å². The minimum atomic E-state index is 0.343. The fourth-order valence-corrected chi connectivity index (χ4v) is 3.81. The zero-order valence-corrected chi connectivity index (χ0v) is 12.5. The van der Waals surface area contributed by atoms with Gasteiger partial charge in [-0.25, -0.2) is 0 Å². The predicted octanol–water partition coefficient (Wildman–Crippen LogP) is 2.77. The van der Waals surface area contributed by atoms with E-state index < -0.39 is 0 Å². The second kappa shape index (κ2) is 5.27. The number of nitrogens with zero attached hydrogens (tertiary/aromatic N) is 2. The molecule has 0 aromatic carbocycles. The lowest BCUT2D eigenvalue weighted by Gasteiger charge is -2.20. The van der Waals surface area contributed by atoms with Gasteiger partial charge in [0.15, 0.2) is 0 Å². The van der Waals surface area contributed by atoms with Crippen LogP contribution in [0.3, 0.4) is 0 Å². The monoisotopic (exact) mass is 302 g/mol. The van der Waals surface area contributed by atoms with E-state index in [1.807, 2.05) is 18.3 Å². The van der Waals surface area contributed by atoms with Gasteiger partial charge in [-0.15, -0.1) is 0 Å². The van der Waals surface area contributed by atoms with Crippen molar-refractivity contribution in [2.24, 2.45) is 5.92 Å². The molecule has 4 rings (SSSR count). The minimum Gasteiger partial charge on any atom is -0.382 e. The van der Waals surface area contributed by atoms with Crippen molar-refractivity contribution in [3.63, 3.8) is 0 Å². The molecule has 1 saturated heterocycles. The Kier molecular flexibility index (Phi) is 3.27. The molecule has 0 spiro atoms. The van der Waals surface area contributed by atoms with Crippen molar-refractivity contribution in [3.8, 4) is 11.1 Å². The molecule has 2 unspecified atom stereocenters. The molecule has 3 N–H and O–H groups in total. The van der Waals surface area contributed by atoms with Crippen molar-refractivity contribution in [3.05, 3.63) is 24.5 Å². The van der Waals surface area contributed by atoms with Crippen LogP contribution < -0.4 is 11.1 Å². The third-order valence-corrected chi connectivity index (χ3v) is 5.00. The third-order valence-electron chi connectivity index (χ3n) is 4.21. The maximum atomic E-state index is 6.05. The van der Waals surface area contributed by atoms with Crippen LogP contribution in [-0.4, -0.2) is 28.1 Å². The zero-order chi connectivity index (χ0) is 14.2. The number of anilines is 2. The molecule has 2 aromatic rings. The van der Waals surface area contributed by atoms with Crippen LogP contribution in [0, 0.1) is 5.92 Å². The number of nitrogens with two attached hydrogens (primary N) is 1. The summed E-state index contributed by atoms with van der Waals surface area (Å²) in [5.41, 5.74) is 8.03. The Balaban J connectivity index is 1.61. The summed E-state index contributed by atoms with van der Waals surface area (Å²) >= 11 is 1.42. The predicted molar refractivity (Wildman–Crippen MR) is 84.2 cm³/mol. The molecule has 1 aliphatic heterocycles. The number of nitrogens with one attached hydrogen (secondary N) is 1. The standard InChI is InChI=1S/C15H18N4OS/c16-14-12(10-2-1-6-17-8-10)15(21-19-14)18-11-5-7-20-13(11)9-3-4-9/h1-2,6,8-9,11,13,18H,3-5,7H2,(H2,16,19). The largest absolute Gasteiger partial charge is 0.382 e. The van der Waals surface area contributed by atoms with Crippen LogP contribution in [0.1, 0.15) is 19.3 Å². The lowest BCUT2D eigenvalue weighted by molar-refractivity contribution is 0.0899. The quantitative estimate of drug-likeness (QED) is 0.908. The van der Waals surface area contributed by atoms with Crippen molar-refractivity contribution in [1.29, 1.82) is 0 Å². The lowest BCUT2D eigenvalue weighted by atomic mass is 10.1. The van der Waals surface area contributed by atoms with Crippen LogP contribution in [0.15, 0.2) is 24.5 Å². The summed E-state index contributed by atoms with van der Waals surface area (Å²) in [7, 11) is 0. The number of ether oxygens (including phenoxy) is 1. The molecule has 0 radical (unpaired) electrons. The molecule has 21 heavy (non-hydrogen) atoms. The molecule has 1 aliphatic carbocycles. The van der Waals surface area contributed by atoms with Gasteiger partial charge in [-0.1, -0.05) is 6.07 Å². The van der Waals surface area contributed by atoms with E-state index in [2.05, 4.69) is 14.7 Å². The van der Waals surface area contributed by atoms with E-state index in [0.29, 0.717) is 18.0 Å². The van der Waals surface area contributed by atoms with Crippen LogP contribution in [0.5, 0.6) is 0 Å². The first-order valence-electron chi connectivity index (χ1n) is 7.36. The molecular formula is C15H18N4OS. The molecule has 2 aliphatic rings. The zero-order valence-electron chi connectivity index (χ0n) is 11.7. The highest BCUT2D eigenvalue weighted by molar-refractivity contribution is 7.11. The average molecular weight is 302 g/mol. The van der Waals surface area contributed by atoms with E-state index >= 15 is 0 Å². The topological polar surface area (TPSA) is 73.1 Å². The lowest BCUT2D eigenvalue weighted by Crippen LogP contribution is -2.30. The molecule has 2 aromatic heterocycles. The molecule has 110 valence electrons. The van der Waals surface area contributed by atoms with E-state index in [0.717, 1.165) is 35.1 Å². The second-order valence-corrected chi connectivity index (χ2v) is 6.50. The minimum absolute atomic E-state index is 0.343. The first-order chi connectivity index (χ1) is 10.3. The van der Waals surface area contributed by atoms with E-state index in [-0.39, 0.29) is 0 Å². The highest BCUT2D eigenvalue weighted by atomic mass is 32.1. The van der Waals surface area contributed by atoms with Gasteiger partial charge in [-0.2, -0.15) is 4.37 Å². The second-order valence-electron chi connectivity index (χ2n) is 5.73. The maximum absolute atomic E-state index is 6.05. The molecule has 3 heterocycles. The van der Waals surface area contributed by atoms with Gasteiger partial charge in [0.2, 0.25) is 0 Å². The summed E-state index contributed by atoms with van der Waals surface area (Å²) in [5.74, 6) is 1.30. The Bertz CT molecular complexity index is 626. The Morgan fingerprint density at radius 3 is 3.00 bits per heavy atom. The SMILES string of the molecule is Nc1nsc(NC2CCOC2C2CC2)c1-c1cccnc1. The number of nitrogen functional groups attached to an aromatic ring is 1. The Morgan fingerprint density at radius 1 is 1.33 bits per heavy atom. The van der Waals surface area contributed by atoms with Crippen molar-refractivity contribution in [1.82, 2.24) is 9.36 Å². The molecule has 2 fully saturated rings. The molecule has 2 atom stereocenters. The summed E-state index contributed by atoms with van der Waals surface area (Å²) in [4.78, 5) is 4.18. The van der Waals surface area contributed by atoms with Gasteiger partial charge < -0.3 is 15.8 Å². The summed E-state index contributed by atoms with van der Waals surface area (Å²) in [5, 5.41) is 4.65. The summed E-state index contributed by atoms with van der Waals surface area (Å²) in [6.45, 7) is 0.843. The van der Waals surface area contributed by atoms with E-state index in [9.17, 15) is 0 Å². The number of rotatable bonds is 4. The number of aromatic nitrogens is 2. The van der Waals surface area contributed by atoms with Crippen LogP contribution in [-0.2, 0) is 4.74 Å². The maximum Gasteiger partial charge on any atom is 0.147 e. The normalized spacial score (nSPS) is 25.1. The first kappa shape index (κ1) is 13.0. The molecule has 5 nitrogen and oxygen atoms in total. The first-order valence-corrected chi connectivity index (χ1v) is 8.14. The Morgan fingerprint density at radius 2 is 2.24 bits per heavy atom. The highest BCUT2D eigenvalue weighted by Crippen LogP contribution is 2.42. The van der Waals surface area contributed by atoms with Gasteiger partial charge in [-0.05, 0) is 42.8 Å². The van der Waals surface area contributed by atoms with E-state index in [4.69, 9.17) is 10.5 Å². The number of hydrogen-bond acceptors (Lipinski definition) is 6. The van der Waals surface area contributed by atoms with Gasteiger partial charge in [0.25, 0.3) is 0 Å². The molecule has 6 heteroatoms. The smallest absolute Gasteiger partial charge is 0.147 e. The van der Waals surface area contributed by atoms with Crippen LogP contribution in [0.4, 0.5) is 10.8 Å². The van der Waals surface area contributed by atoms with Crippen LogP contribution in [0.25, 0.3) is 11.1 Å². The number of pyridine rings is 1. The van der Waals surface area contributed by atoms with Gasteiger partial charge in [0, 0.05) is 24.6 Å². The summed E-state index contributed by atoms with van der Waals surface area (Å²) in [6, 6.07) is 4.30. The van der Waals surface area contributed by atoms with Gasteiger partial charge in [-0.3, -0.25) is 4.98 Å². The van der Waals surface area contributed by atoms with Gasteiger partial charge >= 0.3 is 0 Å². The summed E-state index contributed by atoms with van der Waals surface area (Å²) in [6.07, 6.45) is 7.57. The van der Waals surface area contributed by atoms with Crippen LogP contribution >= 0.6 is 11.5 Å².